The molecule has 0 radical (unpaired) electrons. The van der Waals surface area contributed by atoms with E-state index in [0.29, 0.717) is 25.9 Å². The maximum absolute atomic E-state index is 11.9. The molecule has 0 bridgehead atoms. The Morgan fingerprint density at radius 2 is 1.37 bits per heavy atom. The molecule has 0 saturated carbocycles. The van der Waals surface area contributed by atoms with E-state index in [4.69, 9.17) is 9.90 Å². The van der Waals surface area contributed by atoms with Gasteiger partial charge in [-0.15, -0.1) is 5.73 Å². The largest absolute Gasteiger partial charge is 0.395 e. The van der Waals surface area contributed by atoms with Gasteiger partial charge in [-0.1, -0.05) is 91.0 Å². The molecule has 0 aliphatic heterocycles. The molecule has 0 aromatic carbocycles. The van der Waals surface area contributed by atoms with E-state index in [1.165, 1.54) is 0 Å². The lowest BCUT2D eigenvalue weighted by atomic mass is 9.89. The molecule has 10 heteroatoms. The van der Waals surface area contributed by atoms with Gasteiger partial charge in [0.15, 0.2) is 0 Å². The number of nitrogens with one attached hydrogen (secondary N) is 2. The number of nitrogens with two attached hydrogens (primary N) is 1. The molecule has 0 spiro atoms. The van der Waals surface area contributed by atoms with E-state index in [9.17, 15) is 14.4 Å². The van der Waals surface area contributed by atoms with Crippen LogP contribution in [0.5, 0.6) is 0 Å². The fourth-order valence-electron chi connectivity index (χ4n) is 2.97. The van der Waals surface area contributed by atoms with Crippen LogP contribution in [0.4, 0.5) is 0 Å². The van der Waals surface area contributed by atoms with Crippen LogP contribution in [0.1, 0.15) is 78.6 Å². The summed E-state index contributed by atoms with van der Waals surface area (Å²) in [6, 6.07) is 0. The molecule has 5 N–H and O–H groups in total. The Bertz CT molecular complexity index is 937. The van der Waals surface area contributed by atoms with Crippen molar-refractivity contribution in [1.29, 1.82) is 0 Å². The van der Waals surface area contributed by atoms with Crippen molar-refractivity contribution >= 4 is 45.6 Å². The first-order valence-corrected chi connectivity index (χ1v) is 17.3. The molecule has 0 rings (SSSR count). The number of carbonyl (C=O) groups is 4. The van der Waals surface area contributed by atoms with E-state index in [2.05, 4.69) is 77.6 Å². The number of aliphatic hydroxyl groups excluding tert-OH is 1. The molecule has 0 aromatic heterocycles. The van der Waals surface area contributed by atoms with E-state index >= 15 is 0 Å². The Balaban J connectivity index is 0. The highest BCUT2D eigenvalue weighted by atomic mass is 33.1. The van der Waals surface area contributed by atoms with Crippen molar-refractivity contribution in [2.24, 2.45) is 11.1 Å². The number of primary amides is 1. The fourth-order valence-corrected chi connectivity index (χ4v) is 5.02. The van der Waals surface area contributed by atoms with E-state index in [1.54, 1.807) is 35.4 Å². The normalized spacial score (nSPS) is 11.3. The molecule has 0 atom stereocenters. The summed E-state index contributed by atoms with van der Waals surface area (Å²) in [4.78, 5) is 44.2. The van der Waals surface area contributed by atoms with Crippen LogP contribution in [0.2, 0.25) is 0 Å². The molecule has 242 valence electrons. The van der Waals surface area contributed by atoms with Crippen LogP contribution in [0.3, 0.4) is 0 Å². The number of allylic oxidation sites excluding steroid dienone is 9. The first-order valence-electron chi connectivity index (χ1n) is 14.9. The summed E-state index contributed by atoms with van der Waals surface area (Å²) in [7, 11) is 3.45. The summed E-state index contributed by atoms with van der Waals surface area (Å²) in [6.07, 6.45) is 29.2. The minimum Gasteiger partial charge on any atom is -0.395 e. The van der Waals surface area contributed by atoms with Crippen LogP contribution in [0.15, 0.2) is 66.5 Å². The molecule has 43 heavy (non-hydrogen) atoms. The van der Waals surface area contributed by atoms with Crippen LogP contribution in [0.25, 0.3) is 0 Å². The predicted molar refractivity (Wildman–Crippen MR) is 184 cm³/mol. The van der Waals surface area contributed by atoms with Crippen LogP contribution in [-0.4, -0.2) is 60.3 Å². The lowest BCUT2D eigenvalue weighted by Crippen LogP contribution is -2.41. The number of ketones is 1. The number of aliphatic hydroxyl groups is 1. The molecule has 0 fully saturated rings. The minimum atomic E-state index is -1.04. The molecule has 0 aliphatic rings. The van der Waals surface area contributed by atoms with Gasteiger partial charge >= 0.3 is 0 Å². The molecule has 0 aromatic rings. The first kappa shape index (κ1) is 42.4. The number of hydrogen-bond acceptors (Lipinski definition) is 7. The lowest BCUT2D eigenvalue weighted by Gasteiger charge is -2.18. The van der Waals surface area contributed by atoms with Crippen molar-refractivity contribution in [3.8, 4) is 0 Å². The van der Waals surface area contributed by atoms with Gasteiger partial charge in [-0.05, 0) is 63.5 Å². The van der Waals surface area contributed by atoms with E-state index < -0.39 is 17.1 Å². The maximum atomic E-state index is 11.9. The Kier molecular flexibility index (Phi) is 31.7. The highest BCUT2D eigenvalue weighted by Crippen LogP contribution is 2.21. The number of rotatable bonds is 24. The molecule has 0 aliphatic carbocycles. The van der Waals surface area contributed by atoms with Crippen molar-refractivity contribution in [1.82, 2.24) is 10.6 Å². The third-order valence-corrected chi connectivity index (χ3v) is 7.96. The summed E-state index contributed by atoms with van der Waals surface area (Å²) < 4.78 is 0. The second kappa shape index (κ2) is 32.1. The number of carbonyl (C=O) groups excluding carboxylic acids is 4. The third kappa shape index (κ3) is 30.5. The van der Waals surface area contributed by atoms with Crippen molar-refractivity contribution in [3.63, 3.8) is 0 Å². The standard InChI is InChI=1S/C32H50N2O4S2.CH3NO/c1-4-5-6-7-8-9-10-11-12-13-14-15-16-17-18-19-20-23-29(36)33-25-27-40-39-26-22-21-24-34-31(38)30(37)32(2,3)28-35;2-1-3/h5-6,8-9,11-12,14-15,17,19,35H,4,7,10,13,16,20-28H2,1-3H3,(H,33,36)(H,34,38);1H,(H2,2,3)/b6-5-,9-8-,12-11-,15-14-;. The average molecular weight is 636 g/mol. The molecular formula is C33H53N3O5S2. The van der Waals surface area contributed by atoms with Gasteiger partial charge in [0, 0.05) is 31.0 Å². The summed E-state index contributed by atoms with van der Waals surface area (Å²) in [5, 5.41) is 14.7. The zero-order valence-electron chi connectivity index (χ0n) is 26.2. The number of unbranched alkanes of at least 4 members (excludes halogenated alkanes) is 1. The minimum absolute atomic E-state index is 0.0530. The molecular weight excluding hydrogens is 583 g/mol. The maximum Gasteiger partial charge on any atom is 0.288 e. The molecule has 3 amide bonds. The monoisotopic (exact) mass is 635 g/mol. The highest BCUT2D eigenvalue weighted by molar-refractivity contribution is 8.76. The number of hydrogen-bond donors (Lipinski definition) is 4. The molecule has 0 unspecified atom stereocenters. The van der Waals surface area contributed by atoms with Crippen LogP contribution < -0.4 is 16.4 Å². The summed E-state index contributed by atoms with van der Waals surface area (Å²) in [5.74, 6) is 0.597. The van der Waals surface area contributed by atoms with Gasteiger partial charge in [0.2, 0.25) is 18.1 Å². The second-order valence-electron chi connectivity index (χ2n) is 9.81. The zero-order valence-corrected chi connectivity index (χ0v) is 27.9. The lowest BCUT2D eigenvalue weighted by molar-refractivity contribution is -0.144. The summed E-state index contributed by atoms with van der Waals surface area (Å²) in [6.45, 7) is 5.98. The Hall–Kier alpha value is -2.78. The van der Waals surface area contributed by atoms with E-state index in [1.807, 2.05) is 12.2 Å². The zero-order chi connectivity index (χ0) is 32.4. The molecule has 0 saturated heterocycles. The highest BCUT2D eigenvalue weighted by Gasteiger charge is 2.31. The topological polar surface area (TPSA) is 139 Å². The fraction of sp³-hybridized carbons (Fsp3) is 0.545. The smallest absolute Gasteiger partial charge is 0.288 e. The number of amides is 3. The Morgan fingerprint density at radius 3 is 1.95 bits per heavy atom. The third-order valence-electron chi connectivity index (χ3n) is 5.47. The summed E-state index contributed by atoms with van der Waals surface area (Å²) >= 11 is 0. The van der Waals surface area contributed by atoms with Gasteiger partial charge in [-0.3, -0.25) is 19.2 Å². The SMILES string of the molecule is CC/C=C\C/C=C\C/C=C\C/C=C\CC=C=CCCC(=O)NCCSSCCCCNC(=O)C(=O)C(C)(C)CO.NC=O. The second-order valence-corrected chi connectivity index (χ2v) is 12.5. The van der Waals surface area contributed by atoms with Crippen molar-refractivity contribution < 1.29 is 24.3 Å². The quantitative estimate of drug-likeness (QED) is 0.0264. The van der Waals surface area contributed by atoms with Crippen LogP contribution in [0, 0.1) is 5.41 Å². The van der Waals surface area contributed by atoms with Crippen molar-refractivity contribution in [3.05, 3.63) is 66.5 Å². The first-order chi connectivity index (χ1) is 20.8. The average Bonchev–Trinajstić information content (AvgIpc) is 2.99. The van der Waals surface area contributed by atoms with Crippen molar-refractivity contribution in [2.45, 2.75) is 78.6 Å². The van der Waals surface area contributed by atoms with Gasteiger partial charge in [0.25, 0.3) is 5.91 Å². The van der Waals surface area contributed by atoms with Crippen LogP contribution in [-0.2, 0) is 19.2 Å². The van der Waals surface area contributed by atoms with Crippen LogP contribution >= 0.6 is 21.6 Å². The van der Waals surface area contributed by atoms with Gasteiger partial charge in [0.05, 0.1) is 12.0 Å². The van der Waals surface area contributed by atoms with Gasteiger partial charge in [0.1, 0.15) is 0 Å². The Labute approximate surface area is 267 Å². The van der Waals surface area contributed by atoms with Gasteiger partial charge in [-0.2, -0.15) is 0 Å². The van der Waals surface area contributed by atoms with E-state index in [0.717, 1.165) is 56.5 Å². The predicted octanol–water partition coefficient (Wildman–Crippen LogP) is 5.76. The van der Waals surface area contributed by atoms with Gasteiger partial charge < -0.3 is 21.5 Å². The Morgan fingerprint density at radius 1 is 0.814 bits per heavy atom. The van der Waals surface area contributed by atoms with E-state index in [-0.39, 0.29) is 18.9 Å². The molecule has 0 heterocycles. The summed E-state index contributed by atoms with van der Waals surface area (Å²) in [5.41, 5.74) is 6.26. The number of Topliss-reactive ketones (excluding diaryl/α,β-unsaturated/α-hetero) is 1. The van der Waals surface area contributed by atoms with Crippen molar-refractivity contribution in [2.75, 3.05) is 31.2 Å². The molecule has 8 nitrogen and oxygen atoms in total. The van der Waals surface area contributed by atoms with Gasteiger partial charge in [-0.25, -0.2) is 0 Å².